The molecule has 1 aliphatic rings. The van der Waals surface area contributed by atoms with E-state index in [9.17, 15) is 5.11 Å². The molecule has 1 fully saturated rings. The van der Waals surface area contributed by atoms with E-state index in [1.165, 1.54) is 6.33 Å². The lowest BCUT2D eigenvalue weighted by atomic mass is 9.92. The molecule has 3 heterocycles. The predicted molar refractivity (Wildman–Crippen MR) is 61.5 cm³/mol. The third kappa shape index (κ3) is 1.92. The number of aromatic nitrogens is 3. The van der Waals surface area contributed by atoms with E-state index in [2.05, 4.69) is 10.1 Å². The Morgan fingerprint density at radius 1 is 1.35 bits per heavy atom. The fourth-order valence-electron chi connectivity index (χ4n) is 2.36. The summed E-state index contributed by atoms with van der Waals surface area (Å²) >= 11 is 0. The van der Waals surface area contributed by atoms with Gasteiger partial charge in [0, 0.05) is 13.2 Å². The number of hydrogen-bond acceptors (Lipinski definition) is 4. The second-order valence-electron chi connectivity index (χ2n) is 4.38. The summed E-state index contributed by atoms with van der Waals surface area (Å²) in [6, 6.07) is 5.69. The monoisotopic (exact) mass is 233 g/mol. The Hall–Kier alpha value is -1.46. The molecule has 5 nitrogen and oxygen atoms in total. The van der Waals surface area contributed by atoms with Crippen molar-refractivity contribution >= 4 is 5.65 Å². The summed E-state index contributed by atoms with van der Waals surface area (Å²) in [6.45, 7) is 1.46. The molecule has 0 amide bonds. The Balaban J connectivity index is 1.94. The first kappa shape index (κ1) is 10.7. The van der Waals surface area contributed by atoms with Gasteiger partial charge in [-0.05, 0) is 30.9 Å². The number of rotatable bonds is 2. The topological polar surface area (TPSA) is 59.7 Å². The molecule has 0 bridgehead atoms. The fraction of sp³-hybridized carbons (Fsp3) is 0.500. The van der Waals surface area contributed by atoms with Crippen LogP contribution in [-0.4, -0.2) is 32.9 Å². The highest BCUT2D eigenvalue weighted by atomic mass is 16.5. The van der Waals surface area contributed by atoms with Crippen LogP contribution in [0.25, 0.3) is 5.65 Å². The molecular formula is C12H15N3O2. The quantitative estimate of drug-likeness (QED) is 0.846. The summed E-state index contributed by atoms with van der Waals surface area (Å²) in [7, 11) is 0. The number of hydrogen-bond donors (Lipinski definition) is 1. The molecule has 0 aliphatic carbocycles. The van der Waals surface area contributed by atoms with Gasteiger partial charge in [0.2, 0.25) is 0 Å². The third-order valence-corrected chi connectivity index (χ3v) is 3.35. The van der Waals surface area contributed by atoms with Crippen molar-refractivity contribution in [1.82, 2.24) is 14.6 Å². The maximum Gasteiger partial charge on any atom is 0.155 e. The molecule has 1 N–H and O–H groups in total. The van der Waals surface area contributed by atoms with E-state index < -0.39 is 6.10 Å². The molecule has 90 valence electrons. The van der Waals surface area contributed by atoms with E-state index in [-0.39, 0.29) is 5.92 Å². The molecule has 0 radical (unpaired) electrons. The van der Waals surface area contributed by atoms with Crippen LogP contribution >= 0.6 is 0 Å². The van der Waals surface area contributed by atoms with Crippen molar-refractivity contribution in [3.8, 4) is 0 Å². The van der Waals surface area contributed by atoms with E-state index in [0.29, 0.717) is 0 Å². The van der Waals surface area contributed by atoms with Crippen molar-refractivity contribution in [2.24, 2.45) is 5.92 Å². The summed E-state index contributed by atoms with van der Waals surface area (Å²) in [5, 5.41) is 14.6. The summed E-state index contributed by atoms with van der Waals surface area (Å²) in [6.07, 6.45) is 2.80. The number of aliphatic hydroxyl groups is 1. The average Bonchev–Trinajstić information content (AvgIpc) is 2.87. The first-order valence-electron chi connectivity index (χ1n) is 5.91. The van der Waals surface area contributed by atoms with Gasteiger partial charge in [0.05, 0.1) is 11.8 Å². The molecule has 17 heavy (non-hydrogen) atoms. The Morgan fingerprint density at radius 2 is 2.18 bits per heavy atom. The standard InChI is InChI=1S/C12H15N3O2/c16-12(9-4-6-17-7-5-9)10-2-1-3-11-13-8-14-15(10)11/h1-3,8-9,12,16H,4-7H2. The second kappa shape index (κ2) is 4.43. The minimum absolute atomic E-state index is 0.249. The molecule has 1 aliphatic heterocycles. The second-order valence-corrected chi connectivity index (χ2v) is 4.38. The van der Waals surface area contributed by atoms with Crippen molar-refractivity contribution in [2.75, 3.05) is 13.2 Å². The Kier molecular flexibility index (Phi) is 2.78. The largest absolute Gasteiger partial charge is 0.387 e. The van der Waals surface area contributed by atoms with Crippen LogP contribution in [-0.2, 0) is 4.74 Å². The average molecular weight is 233 g/mol. The molecule has 0 aromatic carbocycles. The summed E-state index contributed by atoms with van der Waals surface area (Å²) in [5.41, 5.74) is 1.58. The SMILES string of the molecule is OC(c1cccc2ncnn12)C1CCOCC1. The van der Waals surface area contributed by atoms with E-state index in [0.717, 1.165) is 37.4 Å². The van der Waals surface area contributed by atoms with Crippen LogP contribution in [0.4, 0.5) is 0 Å². The number of ether oxygens (including phenoxy) is 1. The van der Waals surface area contributed by atoms with Gasteiger partial charge < -0.3 is 9.84 Å². The first-order valence-corrected chi connectivity index (χ1v) is 5.91. The predicted octanol–water partition coefficient (Wildman–Crippen LogP) is 1.19. The highest BCUT2D eigenvalue weighted by molar-refractivity contribution is 5.38. The molecule has 0 saturated carbocycles. The maximum atomic E-state index is 10.4. The zero-order chi connectivity index (χ0) is 11.7. The number of nitrogens with zero attached hydrogens (tertiary/aromatic N) is 3. The van der Waals surface area contributed by atoms with Crippen LogP contribution in [0.1, 0.15) is 24.6 Å². The molecule has 3 rings (SSSR count). The minimum atomic E-state index is -0.496. The first-order chi connectivity index (χ1) is 8.36. The molecule has 2 aromatic rings. The van der Waals surface area contributed by atoms with Gasteiger partial charge in [-0.1, -0.05) is 6.07 Å². The minimum Gasteiger partial charge on any atom is -0.387 e. The molecule has 2 aromatic heterocycles. The zero-order valence-electron chi connectivity index (χ0n) is 9.49. The van der Waals surface area contributed by atoms with Gasteiger partial charge in [0.15, 0.2) is 5.65 Å². The molecule has 1 unspecified atom stereocenters. The van der Waals surface area contributed by atoms with Gasteiger partial charge in [-0.2, -0.15) is 5.10 Å². The van der Waals surface area contributed by atoms with Crippen LogP contribution in [0.3, 0.4) is 0 Å². The van der Waals surface area contributed by atoms with Crippen molar-refractivity contribution in [3.05, 3.63) is 30.2 Å². The van der Waals surface area contributed by atoms with E-state index >= 15 is 0 Å². The van der Waals surface area contributed by atoms with Gasteiger partial charge in [-0.3, -0.25) is 0 Å². The Morgan fingerprint density at radius 3 is 3.00 bits per heavy atom. The molecule has 1 saturated heterocycles. The van der Waals surface area contributed by atoms with Gasteiger partial charge in [-0.25, -0.2) is 9.50 Å². The maximum absolute atomic E-state index is 10.4. The van der Waals surface area contributed by atoms with E-state index in [4.69, 9.17) is 4.74 Å². The van der Waals surface area contributed by atoms with Crippen LogP contribution in [0.2, 0.25) is 0 Å². The smallest absolute Gasteiger partial charge is 0.155 e. The lowest BCUT2D eigenvalue weighted by Crippen LogP contribution is -2.23. The van der Waals surface area contributed by atoms with Gasteiger partial charge >= 0.3 is 0 Å². The normalized spacial score (nSPS) is 19.6. The zero-order valence-corrected chi connectivity index (χ0v) is 9.49. The highest BCUT2D eigenvalue weighted by Gasteiger charge is 2.25. The van der Waals surface area contributed by atoms with E-state index in [1.807, 2.05) is 18.2 Å². The number of fused-ring (bicyclic) bond motifs is 1. The van der Waals surface area contributed by atoms with Crippen LogP contribution in [0, 0.1) is 5.92 Å². The van der Waals surface area contributed by atoms with Crippen molar-refractivity contribution in [1.29, 1.82) is 0 Å². The summed E-state index contributed by atoms with van der Waals surface area (Å²) in [4.78, 5) is 4.12. The van der Waals surface area contributed by atoms with Crippen LogP contribution in [0.5, 0.6) is 0 Å². The molecular weight excluding hydrogens is 218 g/mol. The fourth-order valence-corrected chi connectivity index (χ4v) is 2.36. The molecule has 5 heteroatoms. The highest BCUT2D eigenvalue weighted by Crippen LogP contribution is 2.29. The Bertz CT molecular complexity index is 505. The van der Waals surface area contributed by atoms with E-state index in [1.54, 1.807) is 4.52 Å². The lowest BCUT2D eigenvalue weighted by Gasteiger charge is -2.26. The Labute approximate surface area is 99.0 Å². The van der Waals surface area contributed by atoms with Gasteiger partial charge in [-0.15, -0.1) is 0 Å². The van der Waals surface area contributed by atoms with Gasteiger partial charge in [0.1, 0.15) is 6.33 Å². The number of aliphatic hydroxyl groups excluding tert-OH is 1. The van der Waals surface area contributed by atoms with Crippen molar-refractivity contribution in [3.63, 3.8) is 0 Å². The lowest BCUT2D eigenvalue weighted by molar-refractivity contribution is 0.00480. The molecule has 1 atom stereocenters. The third-order valence-electron chi connectivity index (χ3n) is 3.35. The van der Waals surface area contributed by atoms with Crippen LogP contribution in [0.15, 0.2) is 24.5 Å². The number of pyridine rings is 1. The van der Waals surface area contributed by atoms with Gasteiger partial charge in [0.25, 0.3) is 0 Å². The van der Waals surface area contributed by atoms with Crippen molar-refractivity contribution < 1.29 is 9.84 Å². The molecule has 0 spiro atoms. The summed E-state index contributed by atoms with van der Waals surface area (Å²) in [5.74, 6) is 0.249. The summed E-state index contributed by atoms with van der Waals surface area (Å²) < 4.78 is 7.02. The van der Waals surface area contributed by atoms with Crippen LogP contribution < -0.4 is 0 Å². The van der Waals surface area contributed by atoms with Crippen molar-refractivity contribution in [2.45, 2.75) is 18.9 Å².